The predicted octanol–water partition coefficient (Wildman–Crippen LogP) is 7.28. The highest BCUT2D eigenvalue weighted by molar-refractivity contribution is 5.14. The molecule has 1 nitrogen and oxygen atoms in total. The van der Waals surface area contributed by atoms with Crippen LogP contribution in [0.3, 0.4) is 0 Å². The molecule has 0 aromatic carbocycles. The van der Waals surface area contributed by atoms with E-state index in [4.69, 9.17) is 0 Å². The van der Waals surface area contributed by atoms with Crippen LogP contribution in [0.15, 0.2) is 24.5 Å². The molecule has 126 valence electrons. The maximum atomic E-state index is 4.09. The van der Waals surface area contributed by atoms with Crippen molar-refractivity contribution in [3.63, 3.8) is 0 Å². The molecule has 22 heavy (non-hydrogen) atoms. The van der Waals surface area contributed by atoms with Crippen molar-refractivity contribution >= 4 is 0 Å². The molecule has 1 aromatic heterocycles. The van der Waals surface area contributed by atoms with E-state index >= 15 is 0 Å². The molecular formula is C21H37N. The number of hydrogen-bond donors (Lipinski definition) is 0. The SMILES string of the molecule is CCCCCCCCCCCCCCC(C)c1ccncc1. The van der Waals surface area contributed by atoms with Crippen molar-refractivity contribution in [2.45, 2.75) is 103 Å². The normalized spacial score (nSPS) is 12.5. The first-order chi connectivity index (χ1) is 10.8. The topological polar surface area (TPSA) is 12.9 Å². The Morgan fingerprint density at radius 2 is 1.18 bits per heavy atom. The smallest absolute Gasteiger partial charge is 0.0270 e. The number of rotatable bonds is 14. The number of unbranched alkanes of at least 4 members (excludes halogenated alkanes) is 11. The minimum absolute atomic E-state index is 0.686. The van der Waals surface area contributed by atoms with Crippen LogP contribution in [0.25, 0.3) is 0 Å². The van der Waals surface area contributed by atoms with Gasteiger partial charge in [-0.1, -0.05) is 90.9 Å². The van der Waals surface area contributed by atoms with E-state index in [1.54, 1.807) is 0 Å². The number of pyridine rings is 1. The van der Waals surface area contributed by atoms with Crippen molar-refractivity contribution in [3.8, 4) is 0 Å². The molecule has 1 heterocycles. The monoisotopic (exact) mass is 303 g/mol. The molecule has 0 fully saturated rings. The first kappa shape index (κ1) is 19.2. The third-order valence-electron chi connectivity index (χ3n) is 4.77. The molecule has 1 aromatic rings. The molecule has 0 N–H and O–H groups in total. The van der Waals surface area contributed by atoms with E-state index in [2.05, 4.69) is 31.0 Å². The summed E-state index contributed by atoms with van der Waals surface area (Å²) in [5, 5.41) is 0. The summed E-state index contributed by atoms with van der Waals surface area (Å²) < 4.78 is 0. The molecule has 0 amide bonds. The molecule has 0 aliphatic heterocycles. The second-order valence-electron chi connectivity index (χ2n) is 6.86. The minimum Gasteiger partial charge on any atom is -0.265 e. The Balaban J connectivity index is 1.84. The fraction of sp³-hybridized carbons (Fsp3) is 0.762. The lowest BCUT2D eigenvalue weighted by Gasteiger charge is -2.11. The van der Waals surface area contributed by atoms with Crippen LogP contribution in [0.1, 0.15) is 109 Å². The average molecular weight is 304 g/mol. The van der Waals surface area contributed by atoms with E-state index in [0.717, 1.165) is 0 Å². The van der Waals surface area contributed by atoms with E-state index in [0.29, 0.717) is 5.92 Å². The summed E-state index contributed by atoms with van der Waals surface area (Å²) in [7, 11) is 0. The van der Waals surface area contributed by atoms with Gasteiger partial charge in [0.05, 0.1) is 0 Å². The molecule has 1 atom stereocenters. The zero-order chi connectivity index (χ0) is 15.9. The second-order valence-corrected chi connectivity index (χ2v) is 6.86. The summed E-state index contributed by atoms with van der Waals surface area (Å²) >= 11 is 0. The average Bonchev–Trinajstić information content (AvgIpc) is 2.56. The molecule has 0 radical (unpaired) electrons. The summed E-state index contributed by atoms with van der Waals surface area (Å²) in [4.78, 5) is 4.09. The van der Waals surface area contributed by atoms with Gasteiger partial charge in [0.15, 0.2) is 0 Å². The van der Waals surface area contributed by atoms with Crippen molar-refractivity contribution in [1.29, 1.82) is 0 Å². The number of aromatic nitrogens is 1. The Morgan fingerprint density at radius 3 is 1.68 bits per heavy atom. The van der Waals surface area contributed by atoms with Crippen LogP contribution in [-0.2, 0) is 0 Å². The summed E-state index contributed by atoms with van der Waals surface area (Å²) in [5.74, 6) is 0.686. The van der Waals surface area contributed by atoms with Crippen LogP contribution in [0.5, 0.6) is 0 Å². The lowest BCUT2D eigenvalue weighted by atomic mass is 9.95. The highest BCUT2D eigenvalue weighted by atomic mass is 14.6. The zero-order valence-corrected chi connectivity index (χ0v) is 15.0. The van der Waals surface area contributed by atoms with Crippen molar-refractivity contribution in [1.82, 2.24) is 4.98 Å². The molecule has 0 bridgehead atoms. The highest BCUT2D eigenvalue weighted by Gasteiger charge is 2.04. The molecule has 0 saturated heterocycles. The van der Waals surface area contributed by atoms with Gasteiger partial charge in [0.25, 0.3) is 0 Å². The van der Waals surface area contributed by atoms with Crippen molar-refractivity contribution in [3.05, 3.63) is 30.1 Å². The van der Waals surface area contributed by atoms with Crippen molar-refractivity contribution < 1.29 is 0 Å². The standard InChI is InChI=1S/C21H37N/c1-3-4-5-6-7-8-9-10-11-12-13-14-15-20(2)21-16-18-22-19-17-21/h16-20H,3-15H2,1-2H3. The second kappa shape index (κ2) is 13.8. The summed E-state index contributed by atoms with van der Waals surface area (Å²) in [6, 6.07) is 4.32. The van der Waals surface area contributed by atoms with E-state index in [-0.39, 0.29) is 0 Å². The van der Waals surface area contributed by atoms with Crippen LogP contribution < -0.4 is 0 Å². The fourth-order valence-electron chi connectivity index (χ4n) is 3.15. The number of nitrogens with zero attached hydrogens (tertiary/aromatic N) is 1. The van der Waals surface area contributed by atoms with E-state index in [1.807, 2.05) is 12.4 Å². The first-order valence-corrected chi connectivity index (χ1v) is 9.74. The first-order valence-electron chi connectivity index (χ1n) is 9.74. The van der Waals surface area contributed by atoms with Crippen molar-refractivity contribution in [2.24, 2.45) is 0 Å². The van der Waals surface area contributed by atoms with E-state index in [1.165, 1.54) is 89.0 Å². The Morgan fingerprint density at radius 1 is 0.727 bits per heavy atom. The van der Waals surface area contributed by atoms with Crippen LogP contribution in [0.2, 0.25) is 0 Å². The predicted molar refractivity (Wildman–Crippen MR) is 98.3 cm³/mol. The van der Waals surface area contributed by atoms with Gasteiger partial charge >= 0.3 is 0 Å². The molecule has 0 aliphatic rings. The van der Waals surface area contributed by atoms with Gasteiger partial charge in [-0.25, -0.2) is 0 Å². The molecule has 1 rings (SSSR count). The van der Waals surface area contributed by atoms with Crippen LogP contribution in [0.4, 0.5) is 0 Å². The zero-order valence-electron chi connectivity index (χ0n) is 15.0. The van der Waals surface area contributed by atoms with Crippen molar-refractivity contribution in [2.75, 3.05) is 0 Å². The van der Waals surface area contributed by atoms with Gasteiger partial charge in [-0.3, -0.25) is 4.98 Å². The Labute approximate surface area is 138 Å². The maximum Gasteiger partial charge on any atom is 0.0270 e. The summed E-state index contributed by atoms with van der Waals surface area (Å²) in [6.07, 6.45) is 22.3. The van der Waals surface area contributed by atoms with Crippen LogP contribution in [-0.4, -0.2) is 4.98 Å². The fourth-order valence-corrected chi connectivity index (χ4v) is 3.15. The lowest BCUT2D eigenvalue weighted by Crippen LogP contribution is -1.93. The molecule has 0 aliphatic carbocycles. The quantitative estimate of drug-likeness (QED) is 0.329. The third kappa shape index (κ3) is 9.97. The van der Waals surface area contributed by atoms with Gasteiger partial charge in [0, 0.05) is 12.4 Å². The lowest BCUT2D eigenvalue weighted by molar-refractivity contribution is 0.528. The molecular weight excluding hydrogens is 266 g/mol. The third-order valence-corrected chi connectivity index (χ3v) is 4.77. The minimum atomic E-state index is 0.686. The number of hydrogen-bond acceptors (Lipinski definition) is 1. The Bertz CT molecular complexity index is 333. The van der Waals surface area contributed by atoms with Crippen LogP contribution in [0, 0.1) is 0 Å². The molecule has 0 saturated carbocycles. The molecule has 1 heteroatoms. The Kier molecular flexibility index (Phi) is 12.0. The maximum absolute atomic E-state index is 4.09. The van der Waals surface area contributed by atoms with Gasteiger partial charge in [-0.05, 0) is 30.0 Å². The highest BCUT2D eigenvalue weighted by Crippen LogP contribution is 2.21. The van der Waals surface area contributed by atoms with Gasteiger partial charge in [-0.15, -0.1) is 0 Å². The van der Waals surface area contributed by atoms with Gasteiger partial charge < -0.3 is 0 Å². The van der Waals surface area contributed by atoms with Gasteiger partial charge in [-0.2, -0.15) is 0 Å². The molecule has 1 unspecified atom stereocenters. The summed E-state index contributed by atoms with van der Waals surface area (Å²) in [5.41, 5.74) is 1.44. The van der Waals surface area contributed by atoms with Crippen LogP contribution >= 0.6 is 0 Å². The van der Waals surface area contributed by atoms with Gasteiger partial charge in [0.2, 0.25) is 0 Å². The van der Waals surface area contributed by atoms with E-state index in [9.17, 15) is 0 Å². The van der Waals surface area contributed by atoms with Gasteiger partial charge in [0.1, 0.15) is 0 Å². The molecule has 0 spiro atoms. The van der Waals surface area contributed by atoms with E-state index < -0.39 is 0 Å². The summed E-state index contributed by atoms with van der Waals surface area (Å²) in [6.45, 7) is 4.63. The Hall–Kier alpha value is -0.850. The largest absolute Gasteiger partial charge is 0.265 e.